The van der Waals surface area contributed by atoms with Crippen LogP contribution >= 0.6 is 11.8 Å². The van der Waals surface area contributed by atoms with Crippen LogP contribution in [-0.4, -0.2) is 23.1 Å². The monoisotopic (exact) mass is 366 g/mol. The molecule has 0 saturated heterocycles. The predicted octanol–water partition coefficient (Wildman–Crippen LogP) is 2.68. The maximum atomic E-state index is 11.5. The first kappa shape index (κ1) is 17.0. The zero-order valence-electron chi connectivity index (χ0n) is 13.4. The standard InChI is InChI=1S/C15H18N4O3S2/c1-3-6-19-14-5-4-12(24(16,20)21)8-13(14)17-15(19)23-9-11-7-10(2)22-18-11/h4-5,7-8H,3,6,9H2,1-2H3,(H2,16,20,21). The molecule has 0 saturated carbocycles. The van der Waals surface area contributed by atoms with Gasteiger partial charge in [-0.1, -0.05) is 23.8 Å². The molecular weight excluding hydrogens is 348 g/mol. The van der Waals surface area contributed by atoms with Gasteiger partial charge in [-0.25, -0.2) is 18.5 Å². The van der Waals surface area contributed by atoms with Gasteiger partial charge in [0, 0.05) is 18.4 Å². The molecule has 2 N–H and O–H groups in total. The van der Waals surface area contributed by atoms with Crippen molar-refractivity contribution in [2.75, 3.05) is 0 Å². The van der Waals surface area contributed by atoms with Gasteiger partial charge in [-0.05, 0) is 31.5 Å². The van der Waals surface area contributed by atoms with Crippen molar-refractivity contribution in [3.05, 3.63) is 35.7 Å². The maximum Gasteiger partial charge on any atom is 0.238 e. The van der Waals surface area contributed by atoms with E-state index in [0.717, 1.165) is 35.1 Å². The molecule has 7 nitrogen and oxygen atoms in total. The number of thioether (sulfide) groups is 1. The third-order valence-electron chi connectivity index (χ3n) is 3.49. The highest BCUT2D eigenvalue weighted by molar-refractivity contribution is 7.98. The summed E-state index contributed by atoms with van der Waals surface area (Å²) in [6.07, 6.45) is 0.943. The quantitative estimate of drug-likeness (QED) is 0.673. The number of nitrogens with two attached hydrogens (primary N) is 1. The van der Waals surface area contributed by atoms with E-state index in [1.807, 2.05) is 13.0 Å². The summed E-state index contributed by atoms with van der Waals surface area (Å²) >= 11 is 1.54. The average molecular weight is 366 g/mol. The first-order valence-electron chi connectivity index (χ1n) is 7.46. The van der Waals surface area contributed by atoms with Gasteiger partial charge >= 0.3 is 0 Å². The van der Waals surface area contributed by atoms with Crippen molar-refractivity contribution in [1.29, 1.82) is 0 Å². The van der Waals surface area contributed by atoms with Gasteiger partial charge in [0.1, 0.15) is 5.76 Å². The largest absolute Gasteiger partial charge is 0.361 e. The third kappa shape index (κ3) is 3.47. The summed E-state index contributed by atoms with van der Waals surface area (Å²) in [7, 11) is -3.74. The second-order valence-electron chi connectivity index (χ2n) is 5.46. The minimum atomic E-state index is -3.74. The molecule has 24 heavy (non-hydrogen) atoms. The van der Waals surface area contributed by atoms with E-state index in [1.54, 1.807) is 17.8 Å². The predicted molar refractivity (Wildman–Crippen MR) is 92.2 cm³/mol. The average Bonchev–Trinajstić information content (AvgIpc) is 3.08. The second kappa shape index (κ2) is 6.58. The summed E-state index contributed by atoms with van der Waals surface area (Å²) in [5, 5.41) is 10.00. The molecule has 0 unspecified atom stereocenters. The third-order valence-corrected chi connectivity index (χ3v) is 5.41. The van der Waals surface area contributed by atoms with Crippen LogP contribution in [0.4, 0.5) is 0 Å². The van der Waals surface area contributed by atoms with Crippen molar-refractivity contribution in [3.63, 3.8) is 0 Å². The molecule has 1 aromatic carbocycles. The molecule has 3 rings (SSSR count). The summed E-state index contributed by atoms with van der Waals surface area (Å²) in [5.41, 5.74) is 2.36. The molecule has 3 aromatic rings. The van der Waals surface area contributed by atoms with Crippen molar-refractivity contribution >= 4 is 32.8 Å². The molecule has 2 aromatic heterocycles. The molecule has 0 aliphatic heterocycles. The summed E-state index contributed by atoms with van der Waals surface area (Å²) in [6.45, 7) is 4.73. The van der Waals surface area contributed by atoms with Gasteiger partial charge in [-0.15, -0.1) is 0 Å². The van der Waals surface area contributed by atoms with Gasteiger partial charge in [-0.3, -0.25) is 0 Å². The van der Waals surface area contributed by atoms with Crippen molar-refractivity contribution < 1.29 is 12.9 Å². The van der Waals surface area contributed by atoms with E-state index in [9.17, 15) is 8.42 Å². The van der Waals surface area contributed by atoms with Gasteiger partial charge in [0.15, 0.2) is 5.16 Å². The number of benzene rings is 1. The Morgan fingerprint density at radius 1 is 1.33 bits per heavy atom. The van der Waals surface area contributed by atoms with E-state index in [-0.39, 0.29) is 4.90 Å². The maximum absolute atomic E-state index is 11.5. The number of fused-ring (bicyclic) bond motifs is 1. The lowest BCUT2D eigenvalue weighted by Crippen LogP contribution is -2.11. The Morgan fingerprint density at radius 2 is 2.12 bits per heavy atom. The number of rotatable bonds is 6. The number of primary sulfonamides is 1. The highest BCUT2D eigenvalue weighted by Crippen LogP contribution is 2.28. The minimum Gasteiger partial charge on any atom is -0.361 e. The molecule has 0 radical (unpaired) electrons. The van der Waals surface area contributed by atoms with Gasteiger partial charge in [0.25, 0.3) is 0 Å². The van der Waals surface area contributed by atoms with Crippen LogP contribution in [0.1, 0.15) is 24.8 Å². The van der Waals surface area contributed by atoms with Gasteiger partial charge in [-0.2, -0.15) is 0 Å². The number of hydrogen-bond donors (Lipinski definition) is 1. The smallest absolute Gasteiger partial charge is 0.238 e. The second-order valence-corrected chi connectivity index (χ2v) is 7.96. The summed E-state index contributed by atoms with van der Waals surface area (Å²) in [4.78, 5) is 4.64. The van der Waals surface area contributed by atoms with E-state index >= 15 is 0 Å². The number of sulfonamides is 1. The minimum absolute atomic E-state index is 0.0693. The van der Waals surface area contributed by atoms with E-state index < -0.39 is 10.0 Å². The van der Waals surface area contributed by atoms with E-state index in [1.165, 1.54) is 12.1 Å². The van der Waals surface area contributed by atoms with Gasteiger partial charge < -0.3 is 9.09 Å². The molecule has 0 spiro atoms. The lowest BCUT2D eigenvalue weighted by Gasteiger charge is -2.06. The van der Waals surface area contributed by atoms with Crippen LogP contribution in [0.15, 0.2) is 38.8 Å². The number of hydrogen-bond acceptors (Lipinski definition) is 6. The Labute approximate surface area is 144 Å². The van der Waals surface area contributed by atoms with Crippen molar-refractivity contribution in [1.82, 2.24) is 14.7 Å². The summed E-state index contributed by atoms with van der Waals surface area (Å²) in [6, 6.07) is 6.67. The van der Waals surface area contributed by atoms with Crippen LogP contribution in [0.3, 0.4) is 0 Å². The first-order chi connectivity index (χ1) is 11.4. The molecule has 0 amide bonds. The number of nitrogens with zero attached hydrogens (tertiary/aromatic N) is 3. The topological polar surface area (TPSA) is 104 Å². The van der Waals surface area contributed by atoms with Crippen LogP contribution in [0.5, 0.6) is 0 Å². The van der Waals surface area contributed by atoms with Crippen molar-refractivity contribution in [2.24, 2.45) is 5.14 Å². The Kier molecular flexibility index (Phi) is 4.66. The lowest BCUT2D eigenvalue weighted by atomic mass is 10.3. The Balaban J connectivity index is 1.97. The van der Waals surface area contributed by atoms with E-state index in [2.05, 4.69) is 21.6 Å². The Morgan fingerprint density at radius 3 is 2.75 bits per heavy atom. The number of imidazole rings is 1. The van der Waals surface area contributed by atoms with Crippen LogP contribution in [0.25, 0.3) is 11.0 Å². The van der Waals surface area contributed by atoms with Crippen LogP contribution in [0, 0.1) is 6.92 Å². The molecule has 0 aliphatic carbocycles. The zero-order chi connectivity index (χ0) is 17.3. The fourth-order valence-corrected chi connectivity index (χ4v) is 3.89. The van der Waals surface area contributed by atoms with E-state index in [4.69, 9.17) is 9.66 Å². The molecular formula is C15H18N4O3S2. The summed E-state index contributed by atoms with van der Waals surface area (Å²) in [5.74, 6) is 1.40. The van der Waals surface area contributed by atoms with Crippen molar-refractivity contribution in [3.8, 4) is 0 Å². The highest BCUT2D eigenvalue weighted by Gasteiger charge is 2.15. The normalized spacial score (nSPS) is 12.1. The fourth-order valence-electron chi connectivity index (χ4n) is 2.44. The molecule has 2 heterocycles. The fraction of sp³-hybridized carbons (Fsp3) is 0.333. The van der Waals surface area contributed by atoms with Crippen LogP contribution in [-0.2, 0) is 22.3 Å². The molecule has 0 bridgehead atoms. The molecule has 9 heteroatoms. The molecule has 128 valence electrons. The zero-order valence-corrected chi connectivity index (χ0v) is 15.0. The van der Waals surface area contributed by atoms with Gasteiger partial charge in [0.05, 0.1) is 21.6 Å². The summed E-state index contributed by atoms with van der Waals surface area (Å²) < 4.78 is 30.2. The van der Waals surface area contributed by atoms with Crippen molar-refractivity contribution in [2.45, 2.75) is 42.6 Å². The number of aromatic nitrogens is 3. The molecule has 0 aliphatic rings. The first-order valence-corrected chi connectivity index (χ1v) is 9.99. The lowest BCUT2D eigenvalue weighted by molar-refractivity contribution is 0.393. The van der Waals surface area contributed by atoms with Crippen LogP contribution in [0.2, 0.25) is 0 Å². The van der Waals surface area contributed by atoms with E-state index in [0.29, 0.717) is 11.3 Å². The molecule has 0 fully saturated rings. The van der Waals surface area contributed by atoms with Crippen LogP contribution < -0.4 is 5.14 Å². The molecule has 0 atom stereocenters. The SMILES string of the molecule is CCCn1c(SCc2cc(C)on2)nc2cc(S(N)(=O)=O)ccc21. The Bertz CT molecular complexity index is 976. The highest BCUT2D eigenvalue weighted by atomic mass is 32.2. The number of aryl methyl sites for hydroxylation is 2. The van der Waals surface area contributed by atoms with Gasteiger partial charge in [0.2, 0.25) is 10.0 Å². The Hall–Kier alpha value is -1.84.